The average molecular weight is 1600 g/mol. The van der Waals surface area contributed by atoms with Crippen molar-refractivity contribution < 1.29 is 80.2 Å². The van der Waals surface area contributed by atoms with Gasteiger partial charge < -0.3 is 33.8 Å². The SMILES string of the molecule is CC/C=C\C/C=C\C/C=C\C/C=C\C/C=C\CCCC(=O)OCC(COP(=O)(O)OCC(O)COP(=O)(O)OCC(COC(=O)CCCCCCCC/C=C\C/C=C\C/C=C\C/C=C\CC)OC(=O)CCCCCCCC/C=C\C/C=C\C/C=C\C/C=C\CC)OC(=O)CCCCCC/C=C\C/C=C\C/C=C\C/C=C\CC. The molecule has 0 amide bonds. The zero-order chi connectivity index (χ0) is 81.7. The number of carbonyl (C=O) groups excluding carboxylic acids is 4. The first-order valence-electron chi connectivity index (χ1n) is 42.3. The Kier molecular flexibility index (Phi) is 77.9. The van der Waals surface area contributed by atoms with Gasteiger partial charge in [-0.05, 0) is 180 Å². The lowest BCUT2D eigenvalue weighted by molar-refractivity contribution is -0.161. The van der Waals surface area contributed by atoms with Crippen LogP contribution in [0.2, 0.25) is 0 Å². The maximum Gasteiger partial charge on any atom is 0.472 e. The molecule has 112 heavy (non-hydrogen) atoms. The van der Waals surface area contributed by atoms with Gasteiger partial charge in [0.05, 0.1) is 26.4 Å². The molecule has 3 N–H and O–H groups in total. The highest BCUT2D eigenvalue weighted by atomic mass is 31.2. The number of rotatable bonds is 77. The fourth-order valence-corrected chi connectivity index (χ4v) is 12.0. The largest absolute Gasteiger partial charge is 0.472 e. The molecule has 0 heterocycles. The van der Waals surface area contributed by atoms with Gasteiger partial charge in [0.25, 0.3) is 0 Å². The van der Waals surface area contributed by atoms with Crippen LogP contribution in [0, 0.1) is 0 Å². The summed E-state index contributed by atoms with van der Waals surface area (Å²) in [6.45, 7) is 4.29. The summed E-state index contributed by atoms with van der Waals surface area (Å²) in [5.74, 6) is -2.32. The molecule has 0 fully saturated rings. The molecule has 0 radical (unpaired) electrons. The number of hydrogen-bond acceptors (Lipinski definition) is 15. The van der Waals surface area contributed by atoms with Gasteiger partial charge in [0.2, 0.25) is 0 Å². The molecule has 17 nitrogen and oxygen atoms in total. The molecule has 0 rings (SSSR count). The van der Waals surface area contributed by atoms with E-state index in [0.29, 0.717) is 32.1 Å². The number of allylic oxidation sites excluding steroid dienone is 34. The van der Waals surface area contributed by atoms with Crippen molar-refractivity contribution in [1.29, 1.82) is 0 Å². The Morgan fingerprint density at radius 2 is 0.446 bits per heavy atom. The van der Waals surface area contributed by atoms with Gasteiger partial charge in [-0.1, -0.05) is 298 Å². The van der Waals surface area contributed by atoms with E-state index in [4.69, 9.17) is 37.0 Å². The van der Waals surface area contributed by atoms with Crippen LogP contribution in [0.5, 0.6) is 0 Å². The second-order valence-electron chi connectivity index (χ2n) is 27.2. The first-order valence-corrected chi connectivity index (χ1v) is 45.3. The number of ether oxygens (including phenoxy) is 4. The summed E-state index contributed by atoms with van der Waals surface area (Å²) in [4.78, 5) is 73.3. The number of hydrogen-bond donors (Lipinski definition) is 3. The maximum absolute atomic E-state index is 13.2. The lowest BCUT2D eigenvalue weighted by atomic mass is 10.1. The Morgan fingerprint density at radius 3 is 0.705 bits per heavy atom. The standard InChI is InChI=1S/C93H148O17P2/c1-5-9-13-17-21-25-29-33-37-41-43-47-50-54-58-62-66-70-74-78-91(96)104-84-89(110-93(98)80-76-72-68-64-60-56-52-48-44-42-38-34-30-26-22-18-14-10-6-2)86-108-112(101,102)106-82-87(94)81-105-111(99,100)107-85-88(109-92(97)79-75-71-67-63-59-55-51-46-40-36-32-28-24-20-16-12-8-4)83-103-90(95)77-73-69-65-61-57-53-49-45-39-35-31-27-23-19-15-11-7-3/h9-16,21-28,33-40,43-44,47-49,51,53,55,61,65,87-89,94H,5-8,17-20,29-32,41-42,45-46,50,52,54,56-60,62-64,66-86H2,1-4H3,(H,99,100)(H,101,102)/b13-9-,14-10-,15-11-,16-12-,25-21-,26-22-,27-23-,28-24-,37-33-,38-34-,39-35-,40-36-,47-43-,48-44-,53-49-,55-51-,65-61-. The number of carbonyl (C=O) groups is 4. The third kappa shape index (κ3) is 81.6. The summed E-state index contributed by atoms with van der Waals surface area (Å²) in [5.41, 5.74) is 0. The molecule has 0 saturated carbocycles. The number of phosphoric ester groups is 2. The summed E-state index contributed by atoms with van der Waals surface area (Å²) >= 11 is 0. The molecule has 0 aliphatic heterocycles. The van der Waals surface area contributed by atoms with Gasteiger partial charge >= 0.3 is 39.5 Å². The summed E-state index contributed by atoms with van der Waals surface area (Å²) in [6, 6.07) is 0. The topological polar surface area (TPSA) is 237 Å². The molecule has 0 aliphatic rings. The molecule has 0 aromatic heterocycles. The molecule has 5 atom stereocenters. The van der Waals surface area contributed by atoms with Crippen molar-refractivity contribution in [2.75, 3.05) is 39.6 Å². The molecular formula is C93H148O17P2. The van der Waals surface area contributed by atoms with E-state index in [2.05, 4.69) is 222 Å². The predicted molar refractivity (Wildman–Crippen MR) is 463 cm³/mol. The van der Waals surface area contributed by atoms with E-state index >= 15 is 0 Å². The molecular weight excluding hydrogens is 1450 g/mol. The van der Waals surface area contributed by atoms with Crippen LogP contribution in [0.1, 0.15) is 297 Å². The van der Waals surface area contributed by atoms with Gasteiger partial charge in [-0.15, -0.1) is 0 Å². The number of aliphatic hydroxyl groups excluding tert-OH is 1. The van der Waals surface area contributed by atoms with Gasteiger partial charge in [0.15, 0.2) is 12.2 Å². The average Bonchev–Trinajstić information content (AvgIpc) is 0.898. The smallest absolute Gasteiger partial charge is 0.462 e. The summed E-state index contributed by atoms with van der Waals surface area (Å²) < 4.78 is 68.7. The van der Waals surface area contributed by atoms with E-state index in [1.54, 1.807) is 0 Å². The van der Waals surface area contributed by atoms with Crippen molar-refractivity contribution >= 4 is 39.5 Å². The third-order valence-corrected chi connectivity index (χ3v) is 18.6. The normalized spacial score (nSPS) is 14.8. The number of esters is 4. The first-order chi connectivity index (χ1) is 54.7. The van der Waals surface area contributed by atoms with Crippen LogP contribution >= 0.6 is 15.6 Å². The van der Waals surface area contributed by atoms with Crippen molar-refractivity contribution in [3.05, 3.63) is 207 Å². The fraction of sp³-hybridized carbons (Fsp3) is 0.591. The molecule has 0 spiro atoms. The van der Waals surface area contributed by atoms with Gasteiger partial charge in [-0.3, -0.25) is 37.3 Å². The van der Waals surface area contributed by atoms with Crippen LogP contribution < -0.4 is 0 Å². The second kappa shape index (κ2) is 82.6. The first kappa shape index (κ1) is 106. The van der Waals surface area contributed by atoms with Crippen molar-refractivity contribution in [3.8, 4) is 0 Å². The van der Waals surface area contributed by atoms with Gasteiger partial charge in [0, 0.05) is 25.7 Å². The minimum atomic E-state index is -5.01. The van der Waals surface area contributed by atoms with E-state index < -0.39 is 97.5 Å². The molecule has 5 unspecified atom stereocenters. The highest BCUT2D eigenvalue weighted by Crippen LogP contribution is 2.45. The Labute approximate surface area is 678 Å². The minimum absolute atomic E-state index is 0.0459. The monoisotopic (exact) mass is 1600 g/mol. The number of unbranched alkanes of at least 4 members (excludes halogenated alkanes) is 17. The lowest BCUT2D eigenvalue weighted by Crippen LogP contribution is -2.30. The van der Waals surface area contributed by atoms with E-state index in [-0.39, 0.29) is 25.7 Å². The van der Waals surface area contributed by atoms with Crippen molar-refractivity contribution in [3.63, 3.8) is 0 Å². The van der Waals surface area contributed by atoms with Gasteiger partial charge in [-0.2, -0.15) is 0 Å². The van der Waals surface area contributed by atoms with Crippen LogP contribution in [0.4, 0.5) is 0 Å². The van der Waals surface area contributed by atoms with E-state index in [0.717, 1.165) is 212 Å². The van der Waals surface area contributed by atoms with E-state index in [9.17, 15) is 43.2 Å². The molecule has 0 saturated heterocycles. The van der Waals surface area contributed by atoms with Crippen molar-refractivity contribution in [1.82, 2.24) is 0 Å². The quantitative estimate of drug-likeness (QED) is 0.0169. The summed E-state index contributed by atoms with van der Waals surface area (Å²) in [7, 11) is -10.0. The Hall–Kier alpha value is -6.36. The highest BCUT2D eigenvalue weighted by Gasteiger charge is 2.30. The second-order valence-corrected chi connectivity index (χ2v) is 30.1. The fourth-order valence-electron chi connectivity index (χ4n) is 10.5. The van der Waals surface area contributed by atoms with Crippen LogP contribution in [0.3, 0.4) is 0 Å². The van der Waals surface area contributed by atoms with Gasteiger partial charge in [0.1, 0.15) is 19.3 Å². The van der Waals surface area contributed by atoms with Crippen molar-refractivity contribution in [2.45, 2.75) is 316 Å². The van der Waals surface area contributed by atoms with Gasteiger partial charge in [-0.25, -0.2) is 9.13 Å². The minimum Gasteiger partial charge on any atom is -0.462 e. The number of phosphoric acid groups is 2. The molecule has 0 bridgehead atoms. The molecule has 0 aliphatic carbocycles. The van der Waals surface area contributed by atoms with Crippen LogP contribution in [0.15, 0.2) is 207 Å². The number of aliphatic hydroxyl groups is 1. The molecule has 0 aromatic carbocycles. The Bertz CT molecular complexity index is 2940. The zero-order valence-electron chi connectivity index (χ0n) is 69.3. The predicted octanol–water partition coefficient (Wildman–Crippen LogP) is 25.4. The lowest BCUT2D eigenvalue weighted by Gasteiger charge is -2.21. The Balaban J connectivity index is 5.51. The van der Waals surface area contributed by atoms with E-state index in [1.807, 2.05) is 12.2 Å². The Morgan fingerprint density at radius 1 is 0.250 bits per heavy atom. The van der Waals surface area contributed by atoms with Crippen LogP contribution in [-0.4, -0.2) is 96.7 Å². The molecule has 19 heteroatoms. The van der Waals surface area contributed by atoms with Crippen molar-refractivity contribution in [2.24, 2.45) is 0 Å². The summed E-state index contributed by atoms with van der Waals surface area (Å²) in [6.07, 6.45) is 104. The van der Waals surface area contributed by atoms with Crippen LogP contribution in [0.25, 0.3) is 0 Å². The zero-order valence-corrected chi connectivity index (χ0v) is 71.0. The van der Waals surface area contributed by atoms with Crippen LogP contribution in [-0.2, 0) is 65.4 Å². The maximum atomic E-state index is 13.2. The molecule has 0 aromatic rings. The third-order valence-electron chi connectivity index (χ3n) is 16.7. The highest BCUT2D eigenvalue weighted by molar-refractivity contribution is 7.47. The molecule has 632 valence electrons. The van der Waals surface area contributed by atoms with E-state index in [1.165, 1.54) is 0 Å². The summed E-state index contributed by atoms with van der Waals surface area (Å²) in [5, 5.41) is 10.7.